The molecule has 0 aliphatic carbocycles. The molecule has 1 aromatic rings. The van der Waals surface area contributed by atoms with Gasteiger partial charge in [-0.25, -0.2) is 4.39 Å². The zero-order valence-electron chi connectivity index (χ0n) is 8.10. The lowest BCUT2D eigenvalue weighted by Gasteiger charge is -2.01. The van der Waals surface area contributed by atoms with E-state index in [1.54, 1.807) is 6.07 Å². The topological polar surface area (TPSA) is 52.0 Å². The highest BCUT2D eigenvalue weighted by atomic mass is 19.1. The SMILES string of the molecule is Cc1cc(N)c(F)cc1C#CCCN. The largest absolute Gasteiger partial charge is 0.396 e. The van der Waals surface area contributed by atoms with Gasteiger partial charge in [0.05, 0.1) is 5.69 Å². The molecule has 0 bridgehead atoms. The smallest absolute Gasteiger partial charge is 0.147 e. The molecule has 2 nitrogen and oxygen atoms in total. The highest BCUT2D eigenvalue weighted by molar-refractivity contribution is 5.51. The molecule has 0 radical (unpaired) electrons. The number of anilines is 1. The van der Waals surface area contributed by atoms with Crippen LogP contribution in [0.5, 0.6) is 0 Å². The summed E-state index contributed by atoms with van der Waals surface area (Å²) in [5, 5.41) is 0. The van der Waals surface area contributed by atoms with Crippen LogP contribution in [0.3, 0.4) is 0 Å². The summed E-state index contributed by atoms with van der Waals surface area (Å²) in [6.07, 6.45) is 0.617. The molecule has 3 heteroatoms. The first-order valence-electron chi connectivity index (χ1n) is 4.39. The summed E-state index contributed by atoms with van der Waals surface area (Å²) < 4.78 is 13.1. The molecule has 1 aromatic carbocycles. The number of rotatable bonds is 1. The van der Waals surface area contributed by atoms with E-state index in [1.807, 2.05) is 6.92 Å². The maximum atomic E-state index is 13.1. The molecule has 0 unspecified atom stereocenters. The Bertz CT molecular complexity index is 388. The van der Waals surface area contributed by atoms with Gasteiger partial charge in [-0.3, -0.25) is 0 Å². The zero-order valence-corrected chi connectivity index (χ0v) is 8.10. The van der Waals surface area contributed by atoms with E-state index in [4.69, 9.17) is 11.5 Å². The van der Waals surface area contributed by atoms with Gasteiger partial charge in [0.2, 0.25) is 0 Å². The quantitative estimate of drug-likeness (QED) is 0.522. The van der Waals surface area contributed by atoms with E-state index in [0.717, 1.165) is 5.56 Å². The monoisotopic (exact) mass is 192 g/mol. The number of benzene rings is 1. The molecule has 0 spiro atoms. The second-order valence-corrected chi connectivity index (χ2v) is 3.03. The van der Waals surface area contributed by atoms with Gasteiger partial charge >= 0.3 is 0 Å². The molecule has 0 atom stereocenters. The number of hydrogen-bond acceptors (Lipinski definition) is 2. The number of halogens is 1. The molecule has 0 fully saturated rings. The highest BCUT2D eigenvalue weighted by Gasteiger charge is 2.01. The number of aryl methyl sites for hydroxylation is 1. The maximum absolute atomic E-state index is 13.1. The van der Waals surface area contributed by atoms with Crippen LogP contribution in [0.15, 0.2) is 12.1 Å². The first-order valence-corrected chi connectivity index (χ1v) is 4.39. The Balaban J connectivity index is 3.00. The fraction of sp³-hybridized carbons (Fsp3) is 0.273. The Hall–Kier alpha value is -1.53. The lowest BCUT2D eigenvalue weighted by Crippen LogP contribution is -1.96. The number of nitrogens with two attached hydrogens (primary N) is 2. The molecule has 0 saturated heterocycles. The zero-order chi connectivity index (χ0) is 10.6. The fourth-order valence-electron chi connectivity index (χ4n) is 1.07. The Labute approximate surface area is 83.1 Å². The van der Waals surface area contributed by atoms with Gasteiger partial charge in [0.25, 0.3) is 0 Å². The molecule has 0 aliphatic heterocycles. The number of nitrogen functional groups attached to an aromatic ring is 1. The minimum Gasteiger partial charge on any atom is -0.396 e. The van der Waals surface area contributed by atoms with Gasteiger partial charge in [0, 0.05) is 18.5 Å². The summed E-state index contributed by atoms with van der Waals surface area (Å²) in [5.41, 5.74) is 12.4. The summed E-state index contributed by atoms with van der Waals surface area (Å²) in [5.74, 6) is 5.29. The van der Waals surface area contributed by atoms with E-state index < -0.39 is 5.82 Å². The maximum Gasteiger partial charge on any atom is 0.147 e. The molecule has 4 N–H and O–H groups in total. The predicted octanol–water partition coefficient (Wildman–Crippen LogP) is 1.42. The van der Waals surface area contributed by atoms with Crippen molar-refractivity contribution in [3.63, 3.8) is 0 Å². The van der Waals surface area contributed by atoms with Gasteiger partial charge in [0.1, 0.15) is 5.82 Å². The first kappa shape index (κ1) is 10.6. The van der Waals surface area contributed by atoms with Crippen LogP contribution < -0.4 is 11.5 Å². The molecule has 14 heavy (non-hydrogen) atoms. The van der Waals surface area contributed by atoms with Crippen molar-refractivity contribution >= 4 is 5.69 Å². The fourth-order valence-corrected chi connectivity index (χ4v) is 1.07. The predicted molar refractivity (Wildman–Crippen MR) is 56.1 cm³/mol. The van der Waals surface area contributed by atoms with E-state index >= 15 is 0 Å². The molecule has 0 amide bonds. The van der Waals surface area contributed by atoms with Crippen molar-refractivity contribution in [1.29, 1.82) is 0 Å². The van der Waals surface area contributed by atoms with Crippen LogP contribution in [0.2, 0.25) is 0 Å². The normalized spacial score (nSPS) is 9.36. The Morgan fingerprint density at radius 2 is 2.14 bits per heavy atom. The van der Waals surface area contributed by atoms with E-state index in [1.165, 1.54) is 6.07 Å². The second kappa shape index (κ2) is 4.64. The summed E-state index contributed by atoms with van der Waals surface area (Å²) >= 11 is 0. The molecular weight excluding hydrogens is 179 g/mol. The van der Waals surface area contributed by atoms with Gasteiger partial charge in [-0.15, -0.1) is 0 Å². The van der Waals surface area contributed by atoms with Gasteiger partial charge in [-0.05, 0) is 24.6 Å². The third kappa shape index (κ3) is 2.48. The van der Waals surface area contributed by atoms with Crippen molar-refractivity contribution in [1.82, 2.24) is 0 Å². The Kier molecular flexibility index (Phi) is 3.49. The van der Waals surface area contributed by atoms with Crippen molar-refractivity contribution in [2.45, 2.75) is 13.3 Å². The summed E-state index contributed by atoms with van der Waals surface area (Å²) in [7, 11) is 0. The van der Waals surface area contributed by atoms with Gasteiger partial charge in [-0.1, -0.05) is 11.8 Å². The first-order chi connectivity index (χ1) is 6.65. The van der Waals surface area contributed by atoms with Crippen molar-refractivity contribution < 1.29 is 4.39 Å². The Morgan fingerprint density at radius 3 is 2.79 bits per heavy atom. The van der Waals surface area contributed by atoms with Crippen LogP contribution in [0.1, 0.15) is 17.5 Å². The van der Waals surface area contributed by atoms with Gasteiger partial charge < -0.3 is 11.5 Å². The van der Waals surface area contributed by atoms with Gasteiger partial charge in [-0.2, -0.15) is 0 Å². The third-order valence-electron chi connectivity index (χ3n) is 1.84. The molecule has 0 aliphatic rings. The standard InChI is InChI=1S/C11H13FN2/c1-8-6-11(14)10(12)7-9(8)4-2-3-5-13/h6-7H,3,5,13-14H2,1H3. The summed E-state index contributed by atoms with van der Waals surface area (Å²) in [4.78, 5) is 0. The number of hydrogen-bond donors (Lipinski definition) is 2. The molecule has 0 aromatic heterocycles. The average molecular weight is 192 g/mol. The second-order valence-electron chi connectivity index (χ2n) is 3.03. The Morgan fingerprint density at radius 1 is 1.43 bits per heavy atom. The van der Waals surface area contributed by atoms with E-state index in [-0.39, 0.29) is 5.69 Å². The minimum atomic E-state index is -0.423. The van der Waals surface area contributed by atoms with Crippen molar-refractivity contribution in [3.8, 4) is 11.8 Å². The van der Waals surface area contributed by atoms with Crippen molar-refractivity contribution in [2.24, 2.45) is 5.73 Å². The van der Waals surface area contributed by atoms with Crippen LogP contribution >= 0.6 is 0 Å². The average Bonchev–Trinajstić information content (AvgIpc) is 2.14. The molecule has 74 valence electrons. The van der Waals surface area contributed by atoms with Crippen LogP contribution in [0, 0.1) is 24.6 Å². The van der Waals surface area contributed by atoms with Crippen LogP contribution in [-0.2, 0) is 0 Å². The highest BCUT2D eigenvalue weighted by Crippen LogP contribution is 2.15. The summed E-state index contributed by atoms with van der Waals surface area (Å²) in [6.45, 7) is 2.37. The van der Waals surface area contributed by atoms with Crippen molar-refractivity contribution in [3.05, 3.63) is 29.1 Å². The van der Waals surface area contributed by atoms with E-state index in [0.29, 0.717) is 18.5 Å². The molecule has 1 rings (SSSR count). The third-order valence-corrected chi connectivity index (χ3v) is 1.84. The molecular formula is C11H13FN2. The van der Waals surface area contributed by atoms with Crippen LogP contribution in [0.4, 0.5) is 10.1 Å². The molecule has 0 saturated carbocycles. The van der Waals surface area contributed by atoms with E-state index in [2.05, 4.69) is 11.8 Å². The van der Waals surface area contributed by atoms with Gasteiger partial charge in [0.15, 0.2) is 0 Å². The minimum absolute atomic E-state index is 0.159. The van der Waals surface area contributed by atoms with Crippen LogP contribution in [0.25, 0.3) is 0 Å². The molecule has 0 heterocycles. The lowest BCUT2D eigenvalue weighted by molar-refractivity contribution is 0.631. The van der Waals surface area contributed by atoms with Crippen LogP contribution in [-0.4, -0.2) is 6.54 Å². The lowest BCUT2D eigenvalue weighted by atomic mass is 10.1. The van der Waals surface area contributed by atoms with E-state index in [9.17, 15) is 4.39 Å². The summed E-state index contributed by atoms with van der Waals surface area (Å²) in [6, 6.07) is 2.94. The van der Waals surface area contributed by atoms with Crippen molar-refractivity contribution in [2.75, 3.05) is 12.3 Å².